The van der Waals surface area contributed by atoms with Gasteiger partial charge < -0.3 is 20.0 Å². The van der Waals surface area contributed by atoms with Crippen LogP contribution in [0.4, 0.5) is 5.69 Å². The maximum absolute atomic E-state index is 12.1. The molecule has 0 amide bonds. The van der Waals surface area contributed by atoms with Crippen molar-refractivity contribution in [2.45, 2.75) is 18.5 Å². The zero-order valence-electron chi connectivity index (χ0n) is 16.4. The SMILES string of the molecule is CN(C)C1CN2c3ccccc3Cc3ccccc3C2C1C(=CC(=O)O)C(=O)O. The smallest absolute Gasteiger partial charge is 0.332 e. The Morgan fingerprint density at radius 1 is 1.03 bits per heavy atom. The lowest BCUT2D eigenvalue weighted by Gasteiger charge is -2.31. The molecule has 0 radical (unpaired) electrons. The molecule has 0 saturated carbocycles. The molecule has 29 heavy (non-hydrogen) atoms. The van der Waals surface area contributed by atoms with E-state index in [9.17, 15) is 19.8 Å². The van der Waals surface area contributed by atoms with Gasteiger partial charge in [0.1, 0.15) is 0 Å². The average Bonchev–Trinajstić information content (AvgIpc) is 3.00. The van der Waals surface area contributed by atoms with E-state index in [2.05, 4.69) is 23.1 Å². The largest absolute Gasteiger partial charge is 0.478 e. The van der Waals surface area contributed by atoms with Gasteiger partial charge in [-0.25, -0.2) is 9.59 Å². The molecule has 3 unspecified atom stereocenters. The topological polar surface area (TPSA) is 81.1 Å². The molecule has 3 atom stereocenters. The number of benzene rings is 2. The monoisotopic (exact) mass is 392 g/mol. The number of carboxylic acid groups (broad SMARTS) is 2. The molecule has 2 aliphatic rings. The number of anilines is 1. The van der Waals surface area contributed by atoms with Crippen molar-refractivity contribution in [2.24, 2.45) is 5.92 Å². The predicted molar refractivity (Wildman–Crippen MR) is 110 cm³/mol. The molecule has 6 heteroatoms. The van der Waals surface area contributed by atoms with Crippen LogP contribution in [0.1, 0.15) is 22.7 Å². The fraction of sp³-hybridized carbons (Fsp3) is 0.304. The first-order valence-electron chi connectivity index (χ1n) is 9.65. The number of para-hydroxylation sites is 1. The molecule has 2 aromatic rings. The van der Waals surface area contributed by atoms with Gasteiger partial charge in [0.05, 0.1) is 11.6 Å². The summed E-state index contributed by atoms with van der Waals surface area (Å²) in [5.74, 6) is -2.90. The summed E-state index contributed by atoms with van der Waals surface area (Å²) in [6, 6.07) is 15.9. The maximum Gasteiger partial charge on any atom is 0.332 e. The van der Waals surface area contributed by atoms with Gasteiger partial charge in [-0.2, -0.15) is 0 Å². The Morgan fingerprint density at radius 3 is 2.34 bits per heavy atom. The summed E-state index contributed by atoms with van der Waals surface area (Å²) in [7, 11) is 3.84. The number of aliphatic carboxylic acids is 2. The van der Waals surface area contributed by atoms with Crippen molar-refractivity contribution in [3.8, 4) is 0 Å². The van der Waals surface area contributed by atoms with E-state index in [4.69, 9.17) is 0 Å². The van der Waals surface area contributed by atoms with E-state index in [1.54, 1.807) is 0 Å². The first-order valence-corrected chi connectivity index (χ1v) is 9.65. The predicted octanol–water partition coefficient (Wildman–Crippen LogP) is 2.79. The third-order valence-corrected chi connectivity index (χ3v) is 6.08. The van der Waals surface area contributed by atoms with Crippen LogP contribution < -0.4 is 4.90 Å². The molecule has 2 heterocycles. The standard InChI is InChI=1S/C23H24N2O4/c1-24(2)19-13-25-18-10-6-4-8-15(18)11-14-7-3-5-9-16(14)22(25)21(19)17(23(28)29)12-20(26)27/h3-10,12,19,21-22H,11,13H2,1-2H3,(H,26,27)(H,28,29). The summed E-state index contributed by atoms with van der Waals surface area (Å²) < 4.78 is 0. The maximum atomic E-state index is 12.1. The van der Waals surface area contributed by atoms with Crippen molar-refractivity contribution >= 4 is 17.6 Å². The Balaban J connectivity index is 1.97. The zero-order chi connectivity index (χ0) is 20.7. The quantitative estimate of drug-likeness (QED) is 0.779. The van der Waals surface area contributed by atoms with Gasteiger partial charge in [0.25, 0.3) is 0 Å². The second-order valence-corrected chi connectivity index (χ2v) is 7.90. The highest BCUT2D eigenvalue weighted by Gasteiger charge is 2.49. The molecule has 2 aromatic carbocycles. The summed E-state index contributed by atoms with van der Waals surface area (Å²) in [6.45, 7) is 0.623. The fourth-order valence-electron chi connectivity index (χ4n) is 4.87. The summed E-state index contributed by atoms with van der Waals surface area (Å²) in [5, 5.41) is 19.3. The minimum Gasteiger partial charge on any atom is -0.478 e. The molecular formula is C23H24N2O4. The van der Waals surface area contributed by atoms with Gasteiger partial charge in [0.15, 0.2) is 0 Å². The number of hydrogen-bond donors (Lipinski definition) is 2. The van der Waals surface area contributed by atoms with Crippen molar-refractivity contribution in [3.63, 3.8) is 0 Å². The van der Waals surface area contributed by atoms with Crippen molar-refractivity contribution in [3.05, 3.63) is 76.9 Å². The molecule has 2 N–H and O–H groups in total. The highest BCUT2D eigenvalue weighted by molar-refractivity contribution is 5.95. The second-order valence-electron chi connectivity index (χ2n) is 7.90. The van der Waals surface area contributed by atoms with Crippen molar-refractivity contribution in [1.82, 2.24) is 4.90 Å². The lowest BCUT2D eigenvalue weighted by atomic mass is 9.82. The molecule has 0 aliphatic carbocycles. The van der Waals surface area contributed by atoms with Gasteiger partial charge in [0, 0.05) is 30.3 Å². The number of nitrogens with zero attached hydrogens (tertiary/aromatic N) is 2. The highest BCUT2D eigenvalue weighted by Crippen LogP contribution is 2.49. The van der Waals surface area contributed by atoms with Gasteiger partial charge in [-0.3, -0.25) is 0 Å². The van der Waals surface area contributed by atoms with Crippen LogP contribution in [0, 0.1) is 5.92 Å². The Morgan fingerprint density at radius 2 is 1.69 bits per heavy atom. The summed E-state index contributed by atoms with van der Waals surface area (Å²) >= 11 is 0. The van der Waals surface area contributed by atoms with Crippen LogP contribution in [0.3, 0.4) is 0 Å². The van der Waals surface area contributed by atoms with E-state index in [-0.39, 0.29) is 17.7 Å². The Kier molecular flexibility index (Phi) is 4.88. The van der Waals surface area contributed by atoms with Crippen molar-refractivity contribution < 1.29 is 19.8 Å². The van der Waals surface area contributed by atoms with Crippen LogP contribution in [0.2, 0.25) is 0 Å². The molecule has 1 saturated heterocycles. The molecule has 2 aliphatic heterocycles. The van der Waals surface area contributed by atoms with E-state index in [0.29, 0.717) is 6.54 Å². The van der Waals surface area contributed by atoms with E-state index >= 15 is 0 Å². The van der Waals surface area contributed by atoms with E-state index < -0.39 is 17.9 Å². The fourth-order valence-corrected chi connectivity index (χ4v) is 4.87. The van der Waals surface area contributed by atoms with E-state index in [1.807, 2.05) is 49.3 Å². The van der Waals surface area contributed by atoms with Crippen LogP contribution in [-0.2, 0) is 16.0 Å². The lowest BCUT2D eigenvalue weighted by molar-refractivity contribution is -0.135. The van der Waals surface area contributed by atoms with Gasteiger partial charge in [-0.1, -0.05) is 42.5 Å². The summed E-state index contributed by atoms with van der Waals surface area (Å²) in [6.07, 6.45) is 1.64. The molecule has 0 spiro atoms. The minimum absolute atomic E-state index is 0.0575. The highest BCUT2D eigenvalue weighted by atomic mass is 16.4. The molecule has 0 bridgehead atoms. The van der Waals surface area contributed by atoms with Crippen LogP contribution in [-0.4, -0.2) is 53.7 Å². The van der Waals surface area contributed by atoms with Gasteiger partial charge in [-0.15, -0.1) is 0 Å². The molecule has 1 fully saturated rings. The Bertz CT molecular complexity index is 998. The average molecular weight is 392 g/mol. The summed E-state index contributed by atoms with van der Waals surface area (Å²) in [5.41, 5.74) is 4.44. The first-order chi connectivity index (χ1) is 13.9. The first kappa shape index (κ1) is 19.2. The zero-order valence-corrected chi connectivity index (χ0v) is 16.4. The number of carbonyl (C=O) groups is 2. The van der Waals surface area contributed by atoms with Crippen molar-refractivity contribution in [2.75, 3.05) is 25.5 Å². The molecule has 150 valence electrons. The van der Waals surface area contributed by atoms with E-state index in [1.165, 1.54) is 5.56 Å². The van der Waals surface area contributed by atoms with E-state index in [0.717, 1.165) is 29.3 Å². The van der Waals surface area contributed by atoms with Crippen LogP contribution in [0.25, 0.3) is 0 Å². The molecule has 4 rings (SSSR count). The second kappa shape index (κ2) is 7.37. The van der Waals surface area contributed by atoms with Crippen LogP contribution in [0.5, 0.6) is 0 Å². The molecule has 0 aromatic heterocycles. The number of rotatable bonds is 4. The number of carboxylic acids is 2. The van der Waals surface area contributed by atoms with Crippen LogP contribution in [0.15, 0.2) is 60.2 Å². The number of fused-ring (bicyclic) bond motifs is 5. The number of likely N-dealkylation sites (N-methyl/N-ethyl adjacent to an activating group) is 1. The minimum atomic E-state index is -1.24. The number of hydrogen-bond acceptors (Lipinski definition) is 4. The Labute approximate surface area is 169 Å². The molecular weight excluding hydrogens is 368 g/mol. The van der Waals surface area contributed by atoms with Gasteiger partial charge in [-0.05, 0) is 43.3 Å². The lowest BCUT2D eigenvalue weighted by Crippen LogP contribution is -2.38. The normalized spacial score (nSPS) is 23.2. The third kappa shape index (κ3) is 3.29. The van der Waals surface area contributed by atoms with Crippen LogP contribution >= 0.6 is 0 Å². The van der Waals surface area contributed by atoms with Crippen molar-refractivity contribution in [1.29, 1.82) is 0 Å². The molecule has 6 nitrogen and oxygen atoms in total. The van der Waals surface area contributed by atoms with Gasteiger partial charge in [0.2, 0.25) is 0 Å². The Hall–Kier alpha value is -3.12. The summed E-state index contributed by atoms with van der Waals surface area (Å²) in [4.78, 5) is 27.9. The third-order valence-electron chi connectivity index (χ3n) is 6.08. The van der Waals surface area contributed by atoms with Gasteiger partial charge >= 0.3 is 11.9 Å².